The van der Waals surface area contributed by atoms with Gasteiger partial charge in [0.1, 0.15) is 5.69 Å². The lowest BCUT2D eigenvalue weighted by molar-refractivity contribution is 0.254. The molecule has 2 aliphatic heterocycles. The zero-order chi connectivity index (χ0) is 17.5. The first kappa shape index (κ1) is 14.7. The van der Waals surface area contributed by atoms with Crippen molar-refractivity contribution in [2.75, 3.05) is 28.2 Å². The predicted molar refractivity (Wildman–Crippen MR) is 91.6 cm³/mol. The molecular weight excluding hydrogens is 336 g/mol. The molecule has 2 aliphatic rings. The molecule has 3 aromatic heterocycles. The van der Waals surface area contributed by atoms with Crippen LogP contribution in [0.3, 0.4) is 0 Å². The lowest BCUT2D eigenvalue weighted by atomic mass is 10.1. The Hall–Kier alpha value is -3.63. The fourth-order valence-electron chi connectivity index (χ4n) is 3.40. The molecule has 0 radical (unpaired) electrons. The maximum Gasteiger partial charge on any atom is 0.329 e. The van der Waals surface area contributed by atoms with Crippen molar-refractivity contribution in [1.29, 1.82) is 0 Å². The van der Waals surface area contributed by atoms with Crippen LogP contribution in [0.25, 0.3) is 11.5 Å². The first-order chi connectivity index (χ1) is 12.8. The second-order valence-electron chi connectivity index (χ2n) is 6.05. The van der Waals surface area contributed by atoms with Crippen molar-refractivity contribution in [2.45, 2.75) is 12.5 Å². The van der Waals surface area contributed by atoms with Crippen LogP contribution in [0.4, 0.5) is 22.1 Å². The number of nitrogens with zero attached hydrogens (tertiary/aromatic N) is 8. The number of anilines is 3. The Morgan fingerprint density at radius 3 is 3.08 bits per heavy atom. The Morgan fingerprint density at radius 2 is 2.27 bits per heavy atom. The Balaban J connectivity index is 1.54. The lowest BCUT2D eigenvalue weighted by Gasteiger charge is -2.35. The van der Waals surface area contributed by atoms with E-state index in [0.29, 0.717) is 23.2 Å². The third kappa shape index (κ3) is 2.32. The maximum absolute atomic E-state index is 13.0. The molecule has 130 valence electrons. The Bertz CT molecular complexity index is 944. The van der Waals surface area contributed by atoms with E-state index in [4.69, 9.17) is 0 Å². The number of tetrazole rings is 1. The highest BCUT2D eigenvalue weighted by molar-refractivity contribution is 6.04. The number of fused-ring (bicyclic) bond motifs is 4. The van der Waals surface area contributed by atoms with Crippen LogP contribution in [0, 0.1) is 0 Å². The molecule has 11 heteroatoms. The van der Waals surface area contributed by atoms with Gasteiger partial charge in [-0.3, -0.25) is 15.2 Å². The molecule has 5 heterocycles. The molecule has 0 spiro atoms. The number of rotatable bonds is 2. The number of nitrogens with one attached hydrogen (secondary N) is 2. The van der Waals surface area contributed by atoms with Gasteiger partial charge in [-0.05, 0) is 23.8 Å². The topological polar surface area (TPSA) is 129 Å². The molecular formula is C15H14N10O. The maximum atomic E-state index is 13.0. The van der Waals surface area contributed by atoms with E-state index in [9.17, 15) is 4.79 Å². The molecule has 0 aliphatic carbocycles. The number of urea groups is 1. The summed E-state index contributed by atoms with van der Waals surface area (Å²) >= 11 is 0. The molecule has 26 heavy (non-hydrogen) atoms. The quantitative estimate of drug-likeness (QED) is 0.690. The fraction of sp³-hybridized carbons (Fsp3) is 0.267. The second kappa shape index (κ2) is 5.72. The van der Waals surface area contributed by atoms with E-state index >= 15 is 0 Å². The summed E-state index contributed by atoms with van der Waals surface area (Å²) in [6.45, 7) is 1.67. The van der Waals surface area contributed by atoms with Crippen molar-refractivity contribution >= 4 is 23.4 Å². The van der Waals surface area contributed by atoms with E-state index in [-0.39, 0.29) is 12.1 Å². The number of aromatic amines is 1. The van der Waals surface area contributed by atoms with Crippen LogP contribution in [0.1, 0.15) is 6.42 Å². The molecule has 0 unspecified atom stereocenters. The minimum Gasteiger partial charge on any atom is -0.366 e. The fourth-order valence-corrected chi connectivity index (χ4v) is 3.40. The van der Waals surface area contributed by atoms with E-state index in [0.717, 1.165) is 25.2 Å². The molecule has 0 saturated carbocycles. The van der Waals surface area contributed by atoms with Crippen molar-refractivity contribution < 1.29 is 4.79 Å². The molecule has 1 saturated heterocycles. The zero-order valence-corrected chi connectivity index (χ0v) is 13.6. The van der Waals surface area contributed by atoms with Crippen molar-refractivity contribution in [2.24, 2.45) is 0 Å². The van der Waals surface area contributed by atoms with E-state index in [1.807, 2.05) is 12.1 Å². The number of H-pyrrole nitrogens is 1. The summed E-state index contributed by atoms with van der Waals surface area (Å²) in [5.74, 6) is 1.37. The molecule has 2 bridgehead atoms. The summed E-state index contributed by atoms with van der Waals surface area (Å²) in [6, 6.07) is 3.54. The van der Waals surface area contributed by atoms with Gasteiger partial charge in [0.15, 0.2) is 11.6 Å². The number of hydrogen-bond acceptors (Lipinski definition) is 8. The highest BCUT2D eigenvalue weighted by Crippen LogP contribution is 2.39. The smallest absolute Gasteiger partial charge is 0.329 e. The number of hydrogen-bond donors (Lipinski definition) is 2. The summed E-state index contributed by atoms with van der Waals surface area (Å²) in [6.07, 6.45) is 5.47. The van der Waals surface area contributed by atoms with Gasteiger partial charge in [-0.2, -0.15) is 5.21 Å². The first-order valence-electron chi connectivity index (χ1n) is 8.15. The van der Waals surface area contributed by atoms with Gasteiger partial charge in [-0.1, -0.05) is 0 Å². The van der Waals surface area contributed by atoms with Gasteiger partial charge < -0.3 is 4.90 Å². The van der Waals surface area contributed by atoms with Gasteiger partial charge in [0, 0.05) is 25.5 Å². The first-order valence-corrected chi connectivity index (χ1v) is 8.15. The summed E-state index contributed by atoms with van der Waals surface area (Å²) < 4.78 is 0. The Labute approximate surface area is 147 Å². The van der Waals surface area contributed by atoms with Crippen molar-refractivity contribution in [3.8, 4) is 11.5 Å². The predicted octanol–water partition coefficient (Wildman–Crippen LogP) is 0.682. The Morgan fingerprint density at radius 1 is 1.31 bits per heavy atom. The third-order valence-electron chi connectivity index (χ3n) is 4.54. The number of amides is 2. The van der Waals surface area contributed by atoms with Gasteiger partial charge in [0.05, 0.1) is 17.9 Å². The number of aromatic nitrogens is 7. The van der Waals surface area contributed by atoms with E-state index < -0.39 is 0 Å². The second-order valence-corrected chi connectivity index (χ2v) is 6.05. The highest BCUT2D eigenvalue weighted by atomic mass is 16.2. The standard InChI is InChI=1S/C15H14N10O/c26-15(19-12-7-16-4-5-17-12)25-9-3-6-24(8-9)11-2-1-10(18-14(11)25)13-20-22-23-21-13/h1-2,4-5,7,9H,3,6,8H2,(H,17,19,26)(H,20,21,22,23)/t9-/m0/s1. The number of carbonyl (C=O) groups excluding carboxylic acids is 1. The Kier molecular flexibility index (Phi) is 3.23. The SMILES string of the molecule is O=C(Nc1cnccn1)N1c2nc(-c3nn[nH]n3)ccc2N2CC[C@H]1C2. The average molecular weight is 350 g/mol. The van der Waals surface area contributed by atoms with Crippen LogP contribution in [0.15, 0.2) is 30.7 Å². The highest BCUT2D eigenvalue weighted by Gasteiger charge is 2.40. The monoisotopic (exact) mass is 350 g/mol. The van der Waals surface area contributed by atoms with Gasteiger partial charge in [0.25, 0.3) is 0 Å². The molecule has 11 nitrogen and oxygen atoms in total. The van der Waals surface area contributed by atoms with Crippen LogP contribution in [-0.2, 0) is 0 Å². The van der Waals surface area contributed by atoms with Crippen LogP contribution in [0.5, 0.6) is 0 Å². The summed E-state index contributed by atoms with van der Waals surface area (Å²) in [7, 11) is 0. The molecule has 3 aromatic rings. The molecule has 2 amide bonds. The van der Waals surface area contributed by atoms with Crippen molar-refractivity contribution in [1.82, 2.24) is 35.6 Å². The normalized spacial score (nSPS) is 17.9. The average Bonchev–Trinajstić information content (AvgIpc) is 3.33. The number of pyridine rings is 1. The molecule has 1 fully saturated rings. The zero-order valence-electron chi connectivity index (χ0n) is 13.6. The third-order valence-corrected chi connectivity index (χ3v) is 4.54. The van der Waals surface area contributed by atoms with E-state index in [2.05, 4.69) is 45.8 Å². The molecule has 1 atom stereocenters. The molecule has 5 rings (SSSR count). The lowest BCUT2D eigenvalue weighted by Crippen LogP contribution is -2.48. The minimum absolute atomic E-state index is 0.0483. The van der Waals surface area contributed by atoms with Gasteiger partial charge >= 0.3 is 6.03 Å². The van der Waals surface area contributed by atoms with Gasteiger partial charge in [-0.25, -0.2) is 14.8 Å². The van der Waals surface area contributed by atoms with Crippen LogP contribution >= 0.6 is 0 Å². The summed E-state index contributed by atoms with van der Waals surface area (Å²) in [5, 5.41) is 16.7. The minimum atomic E-state index is -0.281. The van der Waals surface area contributed by atoms with E-state index in [1.165, 1.54) is 12.4 Å². The van der Waals surface area contributed by atoms with Crippen molar-refractivity contribution in [3.63, 3.8) is 0 Å². The van der Waals surface area contributed by atoms with Crippen LogP contribution < -0.4 is 15.1 Å². The van der Waals surface area contributed by atoms with E-state index in [1.54, 1.807) is 11.1 Å². The van der Waals surface area contributed by atoms with Crippen molar-refractivity contribution in [3.05, 3.63) is 30.7 Å². The summed E-state index contributed by atoms with van der Waals surface area (Å²) in [4.78, 5) is 29.6. The molecule has 2 N–H and O–H groups in total. The van der Waals surface area contributed by atoms with Crippen LogP contribution in [-0.4, -0.2) is 60.7 Å². The van der Waals surface area contributed by atoms with Gasteiger partial charge in [-0.15, -0.1) is 10.2 Å². The largest absolute Gasteiger partial charge is 0.366 e. The molecule has 0 aromatic carbocycles. The number of carbonyl (C=O) groups is 1. The van der Waals surface area contributed by atoms with Crippen LogP contribution in [0.2, 0.25) is 0 Å². The van der Waals surface area contributed by atoms with Gasteiger partial charge in [0.2, 0.25) is 5.82 Å². The summed E-state index contributed by atoms with van der Waals surface area (Å²) in [5.41, 5.74) is 1.47.